The smallest absolute Gasteiger partial charge is 0.258 e. The highest BCUT2D eigenvalue weighted by atomic mass is 35.5. The molecular formula is C28H28ClN5O3S. The molecule has 4 rings (SSSR count). The standard InChI is InChI=1S/C28H28ClN5O3S/c1-18-5-4-6-22(13-18)34-25(15-30-26(35)16-37-23-11-9-21(29)10-12-23)32-33-28(34)38-17-27(36)31-24-14-19(2)7-8-20(24)3/h4-14H,15-17H2,1-3H3,(H,30,35)(H,31,36). The van der Waals surface area contributed by atoms with Crippen LogP contribution in [0.3, 0.4) is 0 Å². The molecule has 3 aromatic carbocycles. The van der Waals surface area contributed by atoms with Crippen molar-refractivity contribution in [3.8, 4) is 11.4 Å². The number of nitrogens with zero attached hydrogens (tertiary/aromatic N) is 3. The highest BCUT2D eigenvalue weighted by Crippen LogP contribution is 2.24. The number of rotatable bonds is 10. The molecule has 2 amide bonds. The van der Waals surface area contributed by atoms with Crippen LogP contribution in [-0.2, 0) is 16.1 Å². The molecule has 4 aromatic rings. The Hall–Kier alpha value is -3.82. The molecule has 0 spiro atoms. The molecule has 0 aliphatic heterocycles. The maximum atomic E-state index is 12.7. The molecule has 0 fully saturated rings. The van der Waals surface area contributed by atoms with Gasteiger partial charge in [-0.1, -0.05) is 47.6 Å². The number of anilines is 1. The van der Waals surface area contributed by atoms with E-state index in [1.54, 1.807) is 24.3 Å². The van der Waals surface area contributed by atoms with Crippen molar-refractivity contribution < 1.29 is 14.3 Å². The van der Waals surface area contributed by atoms with E-state index in [1.807, 2.05) is 67.8 Å². The highest BCUT2D eigenvalue weighted by Gasteiger charge is 2.17. The number of carbonyl (C=O) groups excluding carboxylic acids is 2. The van der Waals surface area contributed by atoms with Gasteiger partial charge in [0, 0.05) is 16.4 Å². The van der Waals surface area contributed by atoms with Crippen LogP contribution in [0.25, 0.3) is 5.69 Å². The Kier molecular flexibility index (Phi) is 9.04. The molecule has 0 bridgehead atoms. The molecule has 38 heavy (non-hydrogen) atoms. The summed E-state index contributed by atoms with van der Waals surface area (Å²) in [6, 6.07) is 20.6. The molecule has 1 aromatic heterocycles. The van der Waals surface area contributed by atoms with E-state index in [2.05, 4.69) is 20.8 Å². The fraction of sp³-hybridized carbons (Fsp3) is 0.214. The number of benzene rings is 3. The van der Waals surface area contributed by atoms with Gasteiger partial charge >= 0.3 is 0 Å². The van der Waals surface area contributed by atoms with E-state index in [-0.39, 0.29) is 30.7 Å². The first-order chi connectivity index (χ1) is 18.3. The Morgan fingerprint density at radius 2 is 1.71 bits per heavy atom. The van der Waals surface area contributed by atoms with Crippen LogP contribution in [0.1, 0.15) is 22.5 Å². The van der Waals surface area contributed by atoms with Crippen molar-refractivity contribution in [2.45, 2.75) is 32.5 Å². The fourth-order valence-electron chi connectivity index (χ4n) is 3.63. The lowest BCUT2D eigenvalue weighted by atomic mass is 10.1. The minimum absolute atomic E-state index is 0.138. The molecule has 8 nitrogen and oxygen atoms in total. The topological polar surface area (TPSA) is 98.1 Å². The third kappa shape index (κ3) is 7.36. The first kappa shape index (κ1) is 27.2. The van der Waals surface area contributed by atoms with Crippen molar-refractivity contribution in [1.29, 1.82) is 0 Å². The Balaban J connectivity index is 1.43. The summed E-state index contributed by atoms with van der Waals surface area (Å²) in [7, 11) is 0. The molecule has 2 N–H and O–H groups in total. The summed E-state index contributed by atoms with van der Waals surface area (Å²) in [4.78, 5) is 25.1. The lowest BCUT2D eigenvalue weighted by Gasteiger charge is -2.12. The SMILES string of the molecule is Cc1cccc(-n2c(CNC(=O)COc3ccc(Cl)cc3)nnc2SCC(=O)Nc2cc(C)ccc2C)c1. The average molecular weight is 550 g/mol. The normalized spacial score (nSPS) is 10.7. The zero-order chi connectivity index (χ0) is 27.1. The van der Waals surface area contributed by atoms with E-state index < -0.39 is 0 Å². The molecule has 0 unspecified atom stereocenters. The van der Waals surface area contributed by atoms with Gasteiger partial charge in [-0.05, 0) is 79.9 Å². The number of nitrogens with one attached hydrogen (secondary N) is 2. The lowest BCUT2D eigenvalue weighted by Crippen LogP contribution is -2.29. The summed E-state index contributed by atoms with van der Waals surface area (Å²) in [5.74, 6) is 0.786. The van der Waals surface area contributed by atoms with Gasteiger partial charge in [0.25, 0.3) is 5.91 Å². The first-order valence-electron chi connectivity index (χ1n) is 11.9. The number of hydrogen-bond acceptors (Lipinski definition) is 6. The van der Waals surface area contributed by atoms with E-state index in [0.29, 0.717) is 21.8 Å². The molecule has 0 saturated carbocycles. The van der Waals surface area contributed by atoms with E-state index in [1.165, 1.54) is 11.8 Å². The Morgan fingerprint density at radius 1 is 0.947 bits per heavy atom. The molecular weight excluding hydrogens is 522 g/mol. The van der Waals surface area contributed by atoms with Crippen LogP contribution in [0, 0.1) is 20.8 Å². The van der Waals surface area contributed by atoms with Crippen LogP contribution in [0.2, 0.25) is 5.02 Å². The fourth-order valence-corrected chi connectivity index (χ4v) is 4.53. The van der Waals surface area contributed by atoms with E-state index >= 15 is 0 Å². The number of thioether (sulfide) groups is 1. The Labute approximate surface area is 230 Å². The van der Waals surface area contributed by atoms with Crippen molar-refractivity contribution in [3.05, 3.63) is 94.3 Å². The minimum Gasteiger partial charge on any atom is -0.484 e. The van der Waals surface area contributed by atoms with Gasteiger partial charge in [-0.25, -0.2) is 0 Å². The molecule has 0 aliphatic rings. The first-order valence-corrected chi connectivity index (χ1v) is 13.3. The summed E-state index contributed by atoms with van der Waals surface area (Å²) in [5, 5.41) is 15.6. The number of hydrogen-bond donors (Lipinski definition) is 2. The van der Waals surface area contributed by atoms with Gasteiger partial charge in [0.2, 0.25) is 5.91 Å². The summed E-state index contributed by atoms with van der Waals surface area (Å²) in [6.45, 7) is 5.92. The number of amides is 2. The van der Waals surface area contributed by atoms with Crippen LogP contribution in [0.15, 0.2) is 71.9 Å². The number of aromatic nitrogens is 3. The van der Waals surface area contributed by atoms with E-state index in [9.17, 15) is 9.59 Å². The van der Waals surface area contributed by atoms with Gasteiger partial charge in [0.1, 0.15) is 5.75 Å². The van der Waals surface area contributed by atoms with E-state index in [4.69, 9.17) is 16.3 Å². The maximum Gasteiger partial charge on any atom is 0.258 e. The van der Waals surface area contributed by atoms with Crippen molar-refractivity contribution in [2.75, 3.05) is 17.7 Å². The van der Waals surface area contributed by atoms with Crippen LogP contribution in [0.5, 0.6) is 5.75 Å². The minimum atomic E-state index is -0.305. The van der Waals surface area contributed by atoms with Gasteiger partial charge in [-0.3, -0.25) is 14.2 Å². The number of aryl methyl sites for hydroxylation is 3. The number of carbonyl (C=O) groups is 2. The van der Waals surface area contributed by atoms with Gasteiger partial charge in [-0.2, -0.15) is 0 Å². The third-order valence-electron chi connectivity index (χ3n) is 5.59. The van der Waals surface area contributed by atoms with Crippen molar-refractivity contribution in [1.82, 2.24) is 20.1 Å². The summed E-state index contributed by atoms with van der Waals surface area (Å²) < 4.78 is 7.36. The van der Waals surface area contributed by atoms with Crippen molar-refractivity contribution >= 4 is 40.9 Å². The number of ether oxygens (including phenoxy) is 1. The molecule has 1 heterocycles. The van der Waals surface area contributed by atoms with Crippen LogP contribution >= 0.6 is 23.4 Å². The molecule has 0 atom stereocenters. The second-order valence-corrected chi connectivity index (χ2v) is 10.1. The molecule has 10 heteroatoms. The van der Waals surface area contributed by atoms with Gasteiger partial charge in [0.15, 0.2) is 17.6 Å². The van der Waals surface area contributed by atoms with Crippen LogP contribution in [0.4, 0.5) is 5.69 Å². The highest BCUT2D eigenvalue weighted by molar-refractivity contribution is 7.99. The zero-order valence-electron chi connectivity index (χ0n) is 21.3. The summed E-state index contributed by atoms with van der Waals surface area (Å²) in [5.41, 5.74) is 4.76. The molecule has 196 valence electrons. The quantitative estimate of drug-likeness (QED) is 0.261. The van der Waals surface area contributed by atoms with E-state index in [0.717, 1.165) is 28.1 Å². The van der Waals surface area contributed by atoms with Gasteiger partial charge in [-0.15, -0.1) is 10.2 Å². The lowest BCUT2D eigenvalue weighted by molar-refractivity contribution is -0.123. The molecule has 0 saturated heterocycles. The van der Waals surface area contributed by atoms with Crippen molar-refractivity contribution in [2.24, 2.45) is 0 Å². The monoisotopic (exact) mass is 549 g/mol. The zero-order valence-corrected chi connectivity index (χ0v) is 22.9. The second kappa shape index (κ2) is 12.6. The largest absolute Gasteiger partial charge is 0.484 e. The molecule has 0 radical (unpaired) electrons. The summed E-state index contributed by atoms with van der Waals surface area (Å²) in [6.07, 6.45) is 0. The predicted molar refractivity (Wildman–Crippen MR) is 150 cm³/mol. The summed E-state index contributed by atoms with van der Waals surface area (Å²) >= 11 is 7.16. The van der Waals surface area contributed by atoms with Crippen molar-refractivity contribution in [3.63, 3.8) is 0 Å². The van der Waals surface area contributed by atoms with Crippen LogP contribution in [-0.4, -0.2) is 38.9 Å². The third-order valence-corrected chi connectivity index (χ3v) is 6.77. The second-order valence-electron chi connectivity index (χ2n) is 8.75. The van der Waals surface area contributed by atoms with Crippen LogP contribution < -0.4 is 15.4 Å². The molecule has 0 aliphatic carbocycles. The Bertz CT molecular complexity index is 1440. The van der Waals surface area contributed by atoms with Gasteiger partial charge < -0.3 is 15.4 Å². The maximum absolute atomic E-state index is 12.7. The Morgan fingerprint density at radius 3 is 2.47 bits per heavy atom. The number of halogens is 1. The van der Waals surface area contributed by atoms with Gasteiger partial charge in [0.05, 0.1) is 12.3 Å². The average Bonchev–Trinajstić information content (AvgIpc) is 3.31. The predicted octanol–water partition coefficient (Wildman–Crippen LogP) is 5.27.